The van der Waals surface area contributed by atoms with Crippen LogP contribution in [0.5, 0.6) is 0 Å². The number of hydrogen-bond acceptors (Lipinski definition) is 2. The van der Waals surface area contributed by atoms with E-state index in [0.29, 0.717) is 0 Å². The summed E-state index contributed by atoms with van der Waals surface area (Å²) < 4.78 is 12.6. The van der Waals surface area contributed by atoms with Crippen molar-refractivity contribution in [3.63, 3.8) is 0 Å². The molecule has 0 radical (unpaired) electrons. The van der Waals surface area contributed by atoms with E-state index in [1.165, 1.54) is 16.7 Å². The van der Waals surface area contributed by atoms with Gasteiger partial charge in [-0.2, -0.15) is 0 Å². The summed E-state index contributed by atoms with van der Waals surface area (Å²) in [6.45, 7) is 23.7. The fraction of sp³-hybridized carbons (Fsp3) is 0.636. The molecule has 0 amide bonds. The topological polar surface area (TPSA) is 18.5 Å². The van der Waals surface area contributed by atoms with Gasteiger partial charge in [-0.15, -0.1) is 6.58 Å². The third-order valence-corrected chi connectivity index (χ3v) is 6.06. The molecule has 1 aromatic carbocycles. The Kier molecular flexibility index (Phi) is 5.34. The molecular formula is C22H35BO2. The van der Waals surface area contributed by atoms with Gasteiger partial charge in [0.1, 0.15) is 0 Å². The van der Waals surface area contributed by atoms with Gasteiger partial charge in [-0.25, -0.2) is 0 Å². The van der Waals surface area contributed by atoms with Crippen molar-refractivity contribution < 1.29 is 9.31 Å². The fourth-order valence-electron chi connectivity index (χ4n) is 3.46. The molecule has 1 saturated heterocycles. The fourth-order valence-corrected chi connectivity index (χ4v) is 3.46. The predicted molar refractivity (Wildman–Crippen MR) is 108 cm³/mol. The molecule has 3 heteroatoms. The standard InChI is InChI=1S/C22H35BO2/c1-11-19(23-24-21(7,8)22(9,10)25-23)16(3)18-13-12-17(14-15(18)2)20(4,5)6/h11-14,16,19H,1H2,2-10H3. The summed E-state index contributed by atoms with van der Waals surface area (Å²) in [4.78, 5) is 0. The van der Waals surface area contributed by atoms with E-state index in [0.717, 1.165) is 0 Å². The Morgan fingerprint density at radius 3 is 2.00 bits per heavy atom. The monoisotopic (exact) mass is 342 g/mol. The van der Waals surface area contributed by atoms with Gasteiger partial charge in [-0.05, 0) is 62.6 Å². The van der Waals surface area contributed by atoms with Gasteiger partial charge in [0.05, 0.1) is 11.2 Å². The second kappa shape index (κ2) is 6.59. The highest BCUT2D eigenvalue weighted by atomic mass is 16.7. The molecule has 0 aliphatic carbocycles. The molecule has 0 saturated carbocycles. The van der Waals surface area contributed by atoms with E-state index in [-0.39, 0.29) is 35.5 Å². The molecule has 2 unspecified atom stereocenters. The summed E-state index contributed by atoms with van der Waals surface area (Å²) in [5, 5.41) is 0. The Bertz CT molecular complexity index is 624. The van der Waals surface area contributed by atoms with Crippen molar-refractivity contribution in [2.45, 2.75) is 90.7 Å². The molecule has 1 aliphatic heterocycles. The van der Waals surface area contributed by atoms with Crippen LogP contribution in [0.4, 0.5) is 0 Å². The first-order valence-electron chi connectivity index (χ1n) is 9.39. The highest BCUT2D eigenvalue weighted by Crippen LogP contribution is 2.45. The molecule has 0 spiro atoms. The van der Waals surface area contributed by atoms with Gasteiger partial charge in [0.2, 0.25) is 0 Å². The molecule has 1 heterocycles. The number of hydrogen-bond donors (Lipinski definition) is 0. The van der Waals surface area contributed by atoms with E-state index in [1.807, 2.05) is 6.08 Å². The largest absolute Gasteiger partial charge is 0.465 e. The quantitative estimate of drug-likeness (QED) is 0.490. The third-order valence-electron chi connectivity index (χ3n) is 6.06. The molecule has 1 aliphatic rings. The average molecular weight is 342 g/mol. The first-order valence-corrected chi connectivity index (χ1v) is 9.39. The molecule has 1 aromatic rings. The van der Waals surface area contributed by atoms with Gasteiger partial charge in [-0.3, -0.25) is 0 Å². The minimum Gasteiger partial charge on any atom is -0.403 e. The highest BCUT2D eigenvalue weighted by molar-refractivity contribution is 6.48. The summed E-state index contributed by atoms with van der Waals surface area (Å²) in [5.74, 6) is 0.390. The van der Waals surface area contributed by atoms with E-state index in [2.05, 4.69) is 87.1 Å². The molecular weight excluding hydrogens is 307 g/mol. The van der Waals surface area contributed by atoms with Crippen LogP contribution in [-0.4, -0.2) is 18.3 Å². The van der Waals surface area contributed by atoms with Crippen molar-refractivity contribution in [3.8, 4) is 0 Å². The lowest BCUT2D eigenvalue weighted by molar-refractivity contribution is 0.00578. The molecule has 1 fully saturated rings. The van der Waals surface area contributed by atoms with Crippen LogP contribution in [0, 0.1) is 6.92 Å². The van der Waals surface area contributed by atoms with Crippen LogP contribution in [0.15, 0.2) is 30.9 Å². The summed E-state index contributed by atoms with van der Waals surface area (Å²) in [7, 11) is -0.265. The lowest BCUT2D eigenvalue weighted by atomic mass is 9.63. The zero-order valence-corrected chi connectivity index (χ0v) is 17.6. The van der Waals surface area contributed by atoms with Crippen LogP contribution in [0.1, 0.15) is 78.0 Å². The number of aryl methyl sites for hydroxylation is 1. The smallest absolute Gasteiger partial charge is 0.403 e. The number of rotatable bonds is 4. The second-order valence-corrected chi connectivity index (χ2v) is 9.55. The Balaban J connectivity index is 2.30. The van der Waals surface area contributed by atoms with Crippen molar-refractivity contribution in [1.82, 2.24) is 0 Å². The van der Waals surface area contributed by atoms with Crippen molar-refractivity contribution in [1.29, 1.82) is 0 Å². The molecule has 25 heavy (non-hydrogen) atoms. The highest BCUT2D eigenvalue weighted by Gasteiger charge is 2.54. The van der Waals surface area contributed by atoms with Crippen LogP contribution in [-0.2, 0) is 14.7 Å². The van der Waals surface area contributed by atoms with Crippen LogP contribution in [0.2, 0.25) is 5.82 Å². The molecule has 0 aromatic heterocycles. The minimum atomic E-state index is -0.316. The van der Waals surface area contributed by atoms with Gasteiger partial charge < -0.3 is 9.31 Å². The number of allylic oxidation sites excluding steroid dienone is 1. The van der Waals surface area contributed by atoms with Gasteiger partial charge in [-0.1, -0.05) is 52.0 Å². The molecule has 2 nitrogen and oxygen atoms in total. The Labute approximate surface area is 155 Å². The summed E-state index contributed by atoms with van der Waals surface area (Å²) >= 11 is 0. The van der Waals surface area contributed by atoms with E-state index >= 15 is 0 Å². The maximum Gasteiger partial charge on any atom is 0.465 e. The molecule has 0 bridgehead atoms. The molecule has 138 valence electrons. The Morgan fingerprint density at radius 1 is 1.08 bits per heavy atom. The normalized spacial score (nSPS) is 21.9. The van der Waals surface area contributed by atoms with E-state index < -0.39 is 0 Å². The van der Waals surface area contributed by atoms with Crippen LogP contribution >= 0.6 is 0 Å². The zero-order valence-electron chi connectivity index (χ0n) is 17.6. The second-order valence-electron chi connectivity index (χ2n) is 9.55. The molecule has 2 rings (SSSR count). The zero-order chi connectivity index (χ0) is 19.2. The van der Waals surface area contributed by atoms with Crippen LogP contribution < -0.4 is 0 Å². The van der Waals surface area contributed by atoms with E-state index in [4.69, 9.17) is 9.31 Å². The lowest BCUT2D eigenvalue weighted by Crippen LogP contribution is -2.41. The first-order chi connectivity index (χ1) is 11.3. The van der Waals surface area contributed by atoms with E-state index in [1.54, 1.807) is 0 Å². The first kappa shape index (κ1) is 20.3. The summed E-state index contributed by atoms with van der Waals surface area (Å²) in [6, 6.07) is 6.84. The molecule has 0 N–H and O–H groups in total. The number of benzene rings is 1. The van der Waals surface area contributed by atoms with Crippen LogP contribution in [0.3, 0.4) is 0 Å². The third kappa shape index (κ3) is 3.88. The van der Waals surface area contributed by atoms with Gasteiger partial charge in [0, 0.05) is 5.82 Å². The van der Waals surface area contributed by atoms with Crippen molar-refractivity contribution in [2.24, 2.45) is 0 Å². The van der Waals surface area contributed by atoms with E-state index in [9.17, 15) is 0 Å². The maximum atomic E-state index is 6.28. The molecule has 2 atom stereocenters. The van der Waals surface area contributed by atoms with Gasteiger partial charge in [0.25, 0.3) is 0 Å². The summed E-state index contributed by atoms with van der Waals surface area (Å²) in [5.41, 5.74) is 3.56. The lowest BCUT2D eigenvalue weighted by Gasteiger charge is -2.32. The predicted octanol–water partition coefficient (Wildman–Crippen LogP) is 6.04. The summed E-state index contributed by atoms with van der Waals surface area (Å²) in [6.07, 6.45) is 1.99. The van der Waals surface area contributed by atoms with Crippen molar-refractivity contribution in [2.75, 3.05) is 0 Å². The van der Waals surface area contributed by atoms with Gasteiger partial charge >= 0.3 is 7.12 Å². The van der Waals surface area contributed by atoms with Crippen molar-refractivity contribution >= 4 is 7.12 Å². The van der Waals surface area contributed by atoms with Gasteiger partial charge in [0.15, 0.2) is 0 Å². The van der Waals surface area contributed by atoms with Crippen molar-refractivity contribution in [3.05, 3.63) is 47.5 Å². The average Bonchev–Trinajstić information content (AvgIpc) is 2.66. The maximum absolute atomic E-state index is 6.28. The Morgan fingerprint density at radius 2 is 1.60 bits per heavy atom. The van der Waals surface area contributed by atoms with Crippen LogP contribution in [0.25, 0.3) is 0 Å². The minimum absolute atomic E-state index is 0.111. The SMILES string of the molecule is C=CC(B1OC(C)(C)C(C)(C)O1)C(C)c1ccc(C(C)(C)C)cc1C. The Hall–Kier alpha value is -1.06.